The molecule has 0 unspecified atom stereocenters. The van der Waals surface area contributed by atoms with Crippen molar-refractivity contribution in [2.24, 2.45) is 11.7 Å². The molecular formula is C13H22N4OS. The van der Waals surface area contributed by atoms with E-state index in [2.05, 4.69) is 14.9 Å². The normalized spacial score (nSPS) is 19.5. The highest BCUT2D eigenvalue weighted by Gasteiger charge is 2.21. The third-order valence-corrected chi connectivity index (χ3v) is 3.87. The van der Waals surface area contributed by atoms with Gasteiger partial charge in [0.15, 0.2) is 5.16 Å². The quantitative estimate of drug-likeness (QED) is 0.656. The van der Waals surface area contributed by atoms with E-state index in [0.29, 0.717) is 18.4 Å². The topological polar surface area (TPSA) is 64.3 Å². The predicted molar refractivity (Wildman–Crippen MR) is 79.0 cm³/mol. The van der Waals surface area contributed by atoms with Gasteiger partial charge in [0.05, 0.1) is 6.61 Å². The van der Waals surface area contributed by atoms with Crippen LogP contribution in [0, 0.1) is 5.92 Å². The summed E-state index contributed by atoms with van der Waals surface area (Å²) in [7, 11) is 0. The van der Waals surface area contributed by atoms with E-state index in [1.807, 2.05) is 19.2 Å². The molecule has 1 fully saturated rings. The molecule has 1 aromatic heterocycles. The van der Waals surface area contributed by atoms with Crippen molar-refractivity contribution < 1.29 is 4.74 Å². The highest BCUT2D eigenvalue weighted by molar-refractivity contribution is 7.98. The van der Waals surface area contributed by atoms with E-state index in [1.165, 1.54) is 24.6 Å². The van der Waals surface area contributed by atoms with Crippen LogP contribution < -0.4 is 15.4 Å². The summed E-state index contributed by atoms with van der Waals surface area (Å²) >= 11 is 1.54. The first kappa shape index (κ1) is 14.4. The fraction of sp³-hybridized carbons (Fsp3) is 0.692. The van der Waals surface area contributed by atoms with E-state index < -0.39 is 0 Å². The van der Waals surface area contributed by atoms with E-state index in [1.54, 1.807) is 0 Å². The Hall–Kier alpha value is -1.01. The maximum Gasteiger partial charge on any atom is 0.219 e. The summed E-state index contributed by atoms with van der Waals surface area (Å²) in [6, 6.07) is 1.93. The molecule has 0 saturated carbocycles. The van der Waals surface area contributed by atoms with Crippen LogP contribution in [0.15, 0.2) is 11.2 Å². The Kier molecular flexibility index (Phi) is 5.27. The number of aromatic nitrogens is 2. The standard InChI is InChI=1S/C13H22N4OS/c1-3-18-12-7-11(15-13(16-12)19-2)17-6-4-5-10(8-14)9-17/h7,10H,3-6,8-9,14H2,1-2H3/t10-/m1/s1. The molecule has 1 saturated heterocycles. The van der Waals surface area contributed by atoms with Crippen molar-refractivity contribution in [3.63, 3.8) is 0 Å². The first-order valence-electron chi connectivity index (χ1n) is 6.77. The molecule has 0 bridgehead atoms. The van der Waals surface area contributed by atoms with Gasteiger partial charge in [-0.2, -0.15) is 4.98 Å². The molecule has 0 amide bonds. The number of nitrogens with zero attached hydrogens (tertiary/aromatic N) is 3. The van der Waals surface area contributed by atoms with E-state index in [0.717, 1.165) is 30.6 Å². The van der Waals surface area contributed by atoms with E-state index in [-0.39, 0.29) is 0 Å². The van der Waals surface area contributed by atoms with Crippen molar-refractivity contribution in [2.45, 2.75) is 24.9 Å². The number of rotatable bonds is 5. The molecule has 19 heavy (non-hydrogen) atoms. The van der Waals surface area contributed by atoms with Gasteiger partial charge in [-0.05, 0) is 38.5 Å². The molecule has 0 spiro atoms. The summed E-state index contributed by atoms with van der Waals surface area (Å²) in [5, 5.41) is 0.760. The molecule has 0 aliphatic carbocycles. The predicted octanol–water partition coefficient (Wildman–Crippen LogP) is 1.77. The van der Waals surface area contributed by atoms with Crippen molar-refractivity contribution in [2.75, 3.05) is 37.4 Å². The van der Waals surface area contributed by atoms with E-state index in [4.69, 9.17) is 10.5 Å². The van der Waals surface area contributed by atoms with Crippen LogP contribution in [0.2, 0.25) is 0 Å². The van der Waals surface area contributed by atoms with Crippen LogP contribution >= 0.6 is 11.8 Å². The lowest BCUT2D eigenvalue weighted by atomic mass is 9.98. The number of nitrogens with two attached hydrogens (primary N) is 1. The maximum atomic E-state index is 5.79. The van der Waals surface area contributed by atoms with Gasteiger partial charge in [0.2, 0.25) is 5.88 Å². The second-order valence-corrected chi connectivity index (χ2v) is 5.45. The Bertz CT molecular complexity index is 416. The number of anilines is 1. The molecular weight excluding hydrogens is 260 g/mol. The van der Waals surface area contributed by atoms with Crippen LogP contribution in [0.3, 0.4) is 0 Å². The Morgan fingerprint density at radius 2 is 2.37 bits per heavy atom. The molecule has 0 aromatic carbocycles. The van der Waals surface area contributed by atoms with Crippen LogP contribution in [-0.2, 0) is 0 Å². The molecule has 2 heterocycles. The van der Waals surface area contributed by atoms with Gasteiger partial charge in [0.25, 0.3) is 0 Å². The van der Waals surface area contributed by atoms with Gasteiger partial charge < -0.3 is 15.4 Å². The molecule has 6 heteroatoms. The van der Waals surface area contributed by atoms with Gasteiger partial charge in [-0.25, -0.2) is 4.98 Å². The minimum Gasteiger partial charge on any atom is -0.478 e. The average molecular weight is 282 g/mol. The van der Waals surface area contributed by atoms with Crippen molar-refractivity contribution in [1.29, 1.82) is 0 Å². The second-order valence-electron chi connectivity index (χ2n) is 4.67. The first-order chi connectivity index (χ1) is 9.26. The molecule has 1 aromatic rings. The zero-order chi connectivity index (χ0) is 13.7. The van der Waals surface area contributed by atoms with Crippen LogP contribution in [0.4, 0.5) is 5.82 Å². The summed E-state index contributed by atoms with van der Waals surface area (Å²) in [6.45, 7) is 5.34. The fourth-order valence-electron chi connectivity index (χ4n) is 2.33. The van der Waals surface area contributed by atoms with Crippen LogP contribution in [0.5, 0.6) is 5.88 Å². The van der Waals surface area contributed by atoms with Crippen molar-refractivity contribution in [3.05, 3.63) is 6.07 Å². The minimum atomic E-state index is 0.567. The molecule has 1 aliphatic heterocycles. The zero-order valence-corrected chi connectivity index (χ0v) is 12.4. The van der Waals surface area contributed by atoms with Gasteiger partial charge in [-0.1, -0.05) is 11.8 Å². The number of hydrogen-bond acceptors (Lipinski definition) is 6. The minimum absolute atomic E-state index is 0.567. The van der Waals surface area contributed by atoms with Crippen molar-refractivity contribution in [1.82, 2.24) is 9.97 Å². The molecule has 0 radical (unpaired) electrons. The third-order valence-electron chi connectivity index (χ3n) is 3.32. The zero-order valence-electron chi connectivity index (χ0n) is 11.6. The van der Waals surface area contributed by atoms with E-state index >= 15 is 0 Å². The van der Waals surface area contributed by atoms with Gasteiger partial charge in [0, 0.05) is 19.2 Å². The van der Waals surface area contributed by atoms with Crippen LogP contribution in [0.1, 0.15) is 19.8 Å². The maximum absolute atomic E-state index is 5.79. The number of piperidine rings is 1. The summed E-state index contributed by atoms with van der Waals surface area (Å²) in [4.78, 5) is 11.2. The molecule has 106 valence electrons. The average Bonchev–Trinajstić information content (AvgIpc) is 2.47. The third kappa shape index (κ3) is 3.73. The Morgan fingerprint density at radius 1 is 1.53 bits per heavy atom. The summed E-state index contributed by atoms with van der Waals surface area (Å²) in [5.74, 6) is 2.18. The molecule has 5 nitrogen and oxygen atoms in total. The monoisotopic (exact) mass is 282 g/mol. The second kappa shape index (κ2) is 6.96. The van der Waals surface area contributed by atoms with E-state index in [9.17, 15) is 0 Å². The van der Waals surface area contributed by atoms with Crippen LogP contribution in [-0.4, -0.2) is 42.5 Å². The van der Waals surface area contributed by atoms with Crippen LogP contribution in [0.25, 0.3) is 0 Å². The number of ether oxygens (including phenoxy) is 1. The Balaban J connectivity index is 2.19. The first-order valence-corrected chi connectivity index (χ1v) is 8.00. The molecule has 1 atom stereocenters. The van der Waals surface area contributed by atoms with Gasteiger partial charge >= 0.3 is 0 Å². The summed E-state index contributed by atoms with van der Waals surface area (Å²) < 4.78 is 5.52. The Morgan fingerprint density at radius 3 is 3.05 bits per heavy atom. The van der Waals surface area contributed by atoms with Crippen molar-refractivity contribution >= 4 is 17.6 Å². The summed E-state index contributed by atoms with van der Waals surface area (Å²) in [6.07, 6.45) is 4.37. The molecule has 2 rings (SSSR count). The lowest BCUT2D eigenvalue weighted by molar-refractivity contribution is 0.322. The molecule has 2 N–H and O–H groups in total. The van der Waals surface area contributed by atoms with Gasteiger partial charge in [-0.15, -0.1) is 0 Å². The lowest BCUT2D eigenvalue weighted by Crippen LogP contribution is -2.38. The highest BCUT2D eigenvalue weighted by Crippen LogP contribution is 2.25. The lowest BCUT2D eigenvalue weighted by Gasteiger charge is -2.33. The largest absolute Gasteiger partial charge is 0.478 e. The highest BCUT2D eigenvalue weighted by atomic mass is 32.2. The number of thioether (sulfide) groups is 1. The fourth-order valence-corrected chi connectivity index (χ4v) is 2.70. The SMILES string of the molecule is CCOc1cc(N2CCC[C@H](CN)C2)nc(SC)n1. The number of hydrogen-bond donors (Lipinski definition) is 1. The van der Waals surface area contributed by atoms with Gasteiger partial charge in [0.1, 0.15) is 5.82 Å². The molecule has 1 aliphatic rings. The Labute approximate surface area is 118 Å². The smallest absolute Gasteiger partial charge is 0.219 e. The van der Waals surface area contributed by atoms with Crippen molar-refractivity contribution in [3.8, 4) is 5.88 Å². The van der Waals surface area contributed by atoms with Gasteiger partial charge in [-0.3, -0.25) is 0 Å². The summed E-state index contributed by atoms with van der Waals surface area (Å²) in [5.41, 5.74) is 5.79.